The van der Waals surface area contributed by atoms with E-state index in [1.165, 1.54) is 17.7 Å². The maximum atomic E-state index is 5.97. The van der Waals surface area contributed by atoms with E-state index in [-0.39, 0.29) is 0 Å². The fourth-order valence-electron chi connectivity index (χ4n) is 2.14. The third-order valence-corrected chi connectivity index (χ3v) is 4.12. The lowest BCUT2D eigenvalue weighted by molar-refractivity contribution is 0.279. The van der Waals surface area contributed by atoms with Crippen molar-refractivity contribution in [1.82, 2.24) is 5.32 Å². The molecule has 0 aliphatic heterocycles. The molecule has 0 aliphatic rings. The average molecular weight is 260 g/mol. The smallest absolute Gasteiger partial charge is 0.0931 e. The standard InChI is InChI=1S/C13H22ClNS/c1-4-8-13(3,10-15-5-2)9-11-6-7-12(14)16-11/h6-7,15H,4-5,8-10H2,1-3H3. The molecule has 1 aromatic rings. The number of thiophene rings is 1. The molecule has 16 heavy (non-hydrogen) atoms. The van der Waals surface area contributed by atoms with Gasteiger partial charge in [0.1, 0.15) is 0 Å². The molecular formula is C13H22ClNS. The van der Waals surface area contributed by atoms with Crippen LogP contribution in [0.5, 0.6) is 0 Å². The van der Waals surface area contributed by atoms with Crippen LogP contribution in [0, 0.1) is 5.41 Å². The Hall–Kier alpha value is -0.0500. The Kier molecular flexibility index (Phi) is 5.81. The molecule has 1 unspecified atom stereocenters. The van der Waals surface area contributed by atoms with Crippen molar-refractivity contribution < 1.29 is 0 Å². The lowest BCUT2D eigenvalue weighted by atomic mass is 9.81. The summed E-state index contributed by atoms with van der Waals surface area (Å²) in [7, 11) is 0. The van der Waals surface area contributed by atoms with E-state index in [0.717, 1.165) is 23.8 Å². The molecule has 1 atom stereocenters. The molecule has 1 heterocycles. The van der Waals surface area contributed by atoms with E-state index in [9.17, 15) is 0 Å². The summed E-state index contributed by atoms with van der Waals surface area (Å²) in [5.74, 6) is 0. The van der Waals surface area contributed by atoms with E-state index in [2.05, 4.69) is 32.2 Å². The summed E-state index contributed by atoms with van der Waals surface area (Å²) in [5.41, 5.74) is 0.360. The van der Waals surface area contributed by atoms with E-state index >= 15 is 0 Å². The minimum absolute atomic E-state index is 0.360. The van der Waals surface area contributed by atoms with Gasteiger partial charge in [-0.25, -0.2) is 0 Å². The summed E-state index contributed by atoms with van der Waals surface area (Å²) >= 11 is 7.69. The van der Waals surface area contributed by atoms with Crippen molar-refractivity contribution in [1.29, 1.82) is 0 Å². The van der Waals surface area contributed by atoms with Crippen molar-refractivity contribution in [2.75, 3.05) is 13.1 Å². The third kappa shape index (κ3) is 4.44. The normalized spacial score (nSPS) is 15.0. The SMILES string of the molecule is CCCC(C)(CNCC)Cc1ccc(Cl)s1. The van der Waals surface area contributed by atoms with Gasteiger partial charge in [0.2, 0.25) is 0 Å². The van der Waals surface area contributed by atoms with Crippen molar-refractivity contribution in [3.63, 3.8) is 0 Å². The average Bonchev–Trinajstić information content (AvgIpc) is 2.61. The first-order chi connectivity index (χ1) is 7.59. The maximum absolute atomic E-state index is 5.97. The van der Waals surface area contributed by atoms with Gasteiger partial charge in [0.25, 0.3) is 0 Å². The van der Waals surface area contributed by atoms with Gasteiger partial charge in [-0.15, -0.1) is 11.3 Å². The molecule has 0 aromatic carbocycles. The van der Waals surface area contributed by atoms with Crippen molar-refractivity contribution >= 4 is 22.9 Å². The molecule has 0 fully saturated rings. The van der Waals surface area contributed by atoms with Gasteiger partial charge in [0.05, 0.1) is 4.34 Å². The molecular weight excluding hydrogens is 238 g/mol. The van der Waals surface area contributed by atoms with Gasteiger partial charge in [-0.05, 0) is 36.9 Å². The molecule has 1 rings (SSSR count). The summed E-state index contributed by atoms with van der Waals surface area (Å²) in [6.07, 6.45) is 3.63. The largest absolute Gasteiger partial charge is 0.316 e. The Morgan fingerprint density at radius 1 is 1.38 bits per heavy atom. The van der Waals surface area contributed by atoms with Gasteiger partial charge < -0.3 is 5.32 Å². The van der Waals surface area contributed by atoms with Crippen LogP contribution in [0.25, 0.3) is 0 Å². The molecule has 0 spiro atoms. The van der Waals surface area contributed by atoms with Crippen molar-refractivity contribution in [3.8, 4) is 0 Å². The van der Waals surface area contributed by atoms with Crippen LogP contribution in [0.1, 0.15) is 38.5 Å². The van der Waals surface area contributed by atoms with Crippen LogP contribution >= 0.6 is 22.9 Å². The Bertz CT molecular complexity index is 311. The van der Waals surface area contributed by atoms with Gasteiger partial charge in [0.15, 0.2) is 0 Å². The number of rotatable bonds is 7. The molecule has 0 saturated heterocycles. The molecule has 0 aliphatic carbocycles. The molecule has 1 N–H and O–H groups in total. The molecule has 0 saturated carbocycles. The molecule has 1 aromatic heterocycles. The topological polar surface area (TPSA) is 12.0 Å². The molecule has 0 bridgehead atoms. The van der Waals surface area contributed by atoms with Gasteiger partial charge in [0, 0.05) is 11.4 Å². The second-order valence-electron chi connectivity index (χ2n) is 4.72. The fraction of sp³-hybridized carbons (Fsp3) is 0.692. The van der Waals surface area contributed by atoms with Crippen LogP contribution in [-0.2, 0) is 6.42 Å². The number of nitrogens with one attached hydrogen (secondary N) is 1. The van der Waals surface area contributed by atoms with Crippen LogP contribution in [0.15, 0.2) is 12.1 Å². The van der Waals surface area contributed by atoms with Gasteiger partial charge >= 0.3 is 0 Å². The highest BCUT2D eigenvalue weighted by molar-refractivity contribution is 7.16. The molecule has 3 heteroatoms. The van der Waals surface area contributed by atoms with Gasteiger partial charge in [-0.2, -0.15) is 0 Å². The molecule has 1 nitrogen and oxygen atoms in total. The zero-order chi connectivity index (χ0) is 12.0. The number of halogens is 1. The van der Waals surface area contributed by atoms with Crippen molar-refractivity contribution in [2.24, 2.45) is 5.41 Å². The van der Waals surface area contributed by atoms with Crippen LogP contribution in [0.2, 0.25) is 4.34 Å². The van der Waals surface area contributed by atoms with E-state index in [0.29, 0.717) is 5.41 Å². The zero-order valence-electron chi connectivity index (χ0n) is 10.5. The zero-order valence-corrected chi connectivity index (χ0v) is 12.0. The highest BCUT2D eigenvalue weighted by Gasteiger charge is 2.23. The number of hydrogen-bond donors (Lipinski definition) is 1. The Morgan fingerprint density at radius 3 is 2.62 bits per heavy atom. The summed E-state index contributed by atoms with van der Waals surface area (Å²) in [5, 5.41) is 3.47. The predicted octanol–water partition coefficient (Wildman–Crippen LogP) is 4.36. The second kappa shape index (κ2) is 6.63. The van der Waals surface area contributed by atoms with E-state index in [1.54, 1.807) is 11.3 Å². The van der Waals surface area contributed by atoms with Crippen molar-refractivity contribution in [2.45, 2.75) is 40.0 Å². The summed E-state index contributed by atoms with van der Waals surface area (Å²) < 4.78 is 0.900. The Balaban J connectivity index is 2.62. The van der Waals surface area contributed by atoms with E-state index < -0.39 is 0 Å². The van der Waals surface area contributed by atoms with Gasteiger partial charge in [-0.3, -0.25) is 0 Å². The Labute approximate surface area is 108 Å². The van der Waals surface area contributed by atoms with Gasteiger partial charge in [-0.1, -0.05) is 38.8 Å². The van der Waals surface area contributed by atoms with Crippen LogP contribution in [-0.4, -0.2) is 13.1 Å². The van der Waals surface area contributed by atoms with Crippen LogP contribution < -0.4 is 5.32 Å². The first kappa shape index (κ1) is 14.0. The molecule has 0 radical (unpaired) electrons. The maximum Gasteiger partial charge on any atom is 0.0931 e. The Morgan fingerprint density at radius 2 is 2.12 bits per heavy atom. The summed E-state index contributed by atoms with van der Waals surface area (Å²) in [6.45, 7) is 8.92. The minimum Gasteiger partial charge on any atom is -0.316 e. The third-order valence-electron chi connectivity index (χ3n) is 2.89. The summed E-state index contributed by atoms with van der Waals surface area (Å²) in [6, 6.07) is 4.16. The quantitative estimate of drug-likeness (QED) is 0.767. The monoisotopic (exact) mass is 259 g/mol. The van der Waals surface area contributed by atoms with E-state index in [1.807, 2.05) is 6.07 Å². The lowest BCUT2D eigenvalue weighted by Crippen LogP contribution is -2.33. The first-order valence-electron chi connectivity index (χ1n) is 6.04. The predicted molar refractivity (Wildman–Crippen MR) is 74.6 cm³/mol. The summed E-state index contributed by atoms with van der Waals surface area (Å²) in [4.78, 5) is 1.40. The highest BCUT2D eigenvalue weighted by atomic mass is 35.5. The fourth-order valence-corrected chi connectivity index (χ4v) is 3.44. The molecule has 0 amide bonds. The van der Waals surface area contributed by atoms with E-state index in [4.69, 9.17) is 11.6 Å². The van der Waals surface area contributed by atoms with Crippen molar-refractivity contribution in [3.05, 3.63) is 21.3 Å². The second-order valence-corrected chi connectivity index (χ2v) is 6.52. The van der Waals surface area contributed by atoms with Crippen LogP contribution in [0.4, 0.5) is 0 Å². The number of hydrogen-bond acceptors (Lipinski definition) is 2. The highest BCUT2D eigenvalue weighted by Crippen LogP contribution is 2.32. The minimum atomic E-state index is 0.360. The lowest BCUT2D eigenvalue weighted by Gasteiger charge is -2.29. The first-order valence-corrected chi connectivity index (χ1v) is 7.24. The van der Waals surface area contributed by atoms with Crippen LogP contribution in [0.3, 0.4) is 0 Å². The molecule has 92 valence electrons.